The molecule has 1 aliphatic rings. The Labute approximate surface area is 175 Å². The number of ether oxygens (including phenoxy) is 3. The van der Waals surface area contributed by atoms with Crippen LogP contribution < -0.4 is 4.74 Å². The summed E-state index contributed by atoms with van der Waals surface area (Å²) in [5, 5.41) is 9.98. The van der Waals surface area contributed by atoms with Gasteiger partial charge in [-0.25, -0.2) is 0 Å². The number of Topliss-reactive ketones (excluding diaryl/α,β-unsaturated/α-hetero) is 1. The average Bonchev–Trinajstić information content (AvgIpc) is 2.76. The number of nitrogens with zero attached hydrogens (tertiary/aromatic N) is 2. The fraction of sp³-hybridized carbons (Fsp3) is 0.409. The summed E-state index contributed by atoms with van der Waals surface area (Å²) in [6.07, 6.45) is 2.20. The molecule has 1 aliphatic heterocycles. The lowest BCUT2D eigenvalue weighted by Gasteiger charge is -2.35. The van der Waals surface area contributed by atoms with Crippen LogP contribution in [0.5, 0.6) is 11.5 Å². The fourth-order valence-electron chi connectivity index (χ4n) is 3.43. The molecule has 8 nitrogen and oxygen atoms in total. The van der Waals surface area contributed by atoms with E-state index in [9.17, 15) is 14.7 Å². The normalized spacial score (nSPS) is 16.3. The number of amides is 1. The predicted octanol–water partition coefficient (Wildman–Crippen LogP) is 2.10. The van der Waals surface area contributed by atoms with Gasteiger partial charge in [0.05, 0.1) is 37.1 Å². The van der Waals surface area contributed by atoms with E-state index in [1.165, 1.54) is 13.0 Å². The summed E-state index contributed by atoms with van der Waals surface area (Å²) in [6.45, 7) is 3.13. The summed E-state index contributed by atoms with van der Waals surface area (Å²) in [5.41, 5.74) is 1.34. The molecule has 0 bridgehead atoms. The van der Waals surface area contributed by atoms with E-state index in [1.54, 1.807) is 42.5 Å². The van der Waals surface area contributed by atoms with Gasteiger partial charge < -0.3 is 24.2 Å². The van der Waals surface area contributed by atoms with Crippen molar-refractivity contribution in [1.82, 2.24) is 9.88 Å². The maximum atomic E-state index is 13.3. The van der Waals surface area contributed by atoms with Gasteiger partial charge in [-0.15, -0.1) is 0 Å². The van der Waals surface area contributed by atoms with E-state index in [-0.39, 0.29) is 41.4 Å². The van der Waals surface area contributed by atoms with Crippen molar-refractivity contribution < 1.29 is 28.9 Å². The molecule has 1 saturated heterocycles. The number of morpholine rings is 1. The molecule has 1 atom stereocenters. The number of phenolic OH excluding ortho intramolecular Hbond substituents is 1. The van der Waals surface area contributed by atoms with E-state index in [0.29, 0.717) is 44.0 Å². The van der Waals surface area contributed by atoms with Gasteiger partial charge in [-0.2, -0.15) is 0 Å². The van der Waals surface area contributed by atoms with Crippen LogP contribution >= 0.6 is 0 Å². The van der Waals surface area contributed by atoms with Crippen molar-refractivity contribution in [2.24, 2.45) is 0 Å². The Kier molecular flexibility index (Phi) is 7.37. The molecule has 8 heteroatoms. The third-order valence-corrected chi connectivity index (χ3v) is 4.94. The first-order valence-electron chi connectivity index (χ1n) is 9.80. The Morgan fingerprint density at radius 2 is 2.13 bits per heavy atom. The highest BCUT2D eigenvalue weighted by Crippen LogP contribution is 2.28. The highest BCUT2D eigenvalue weighted by Gasteiger charge is 2.30. The predicted molar refractivity (Wildman–Crippen MR) is 109 cm³/mol. The van der Waals surface area contributed by atoms with Gasteiger partial charge >= 0.3 is 0 Å². The average molecular weight is 414 g/mol. The van der Waals surface area contributed by atoms with Crippen molar-refractivity contribution in [3.05, 3.63) is 53.3 Å². The van der Waals surface area contributed by atoms with Crippen LogP contribution in [-0.2, 0) is 15.9 Å². The second-order valence-corrected chi connectivity index (χ2v) is 6.99. The third-order valence-electron chi connectivity index (χ3n) is 4.94. The highest BCUT2D eigenvalue weighted by atomic mass is 16.5. The van der Waals surface area contributed by atoms with Gasteiger partial charge in [0.25, 0.3) is 5.91 Å². The van der Waals surface area contributed by atoms with E-state index in [4.69, 9.17) is 14.2 Å². The molecule has 1 N–H and O–H groups in total. The maximum absolute atomic E-state index is 13.3. The Morgan fingerprint density at radius 1 is 1.30 bits per heavy atom. The van der Waals surface area contributed by atoms with Gasteiger partial charge in [-0.05, 0) is 31.2 Å². The van der Waals surface area contributed by atoms with E-state index in [1.807, 2.05) is 0 Å². The quantitative estimate of drug-likeness (QED) is 0.661. The van der Waals surface area contributed by atoms with Crippen LogP contribution in [0.3, 0.4) is 0 Å². The number of ketones is 1. The molecule has 0 saturated carbocycles. The molecule has 0 radical (unpaired) electrons. The molecule has 30 heavy (non-hydrogen) atoms. The van der Waals surface area contributed by atoms with E-state index < -0.39 is 0 Å². The maximum Gasteiger partial charge on any atom is 0.256 e. The summed E-state index contributed by atoms with van der Waals surface area (Å²) in [7, 11) is 1.61. The number of phenols is 1. The van der Waals surface area contributed by atoms with Crippen molar-refractivity contribution in [2.45, 2.75) is 19.4 Å². The van der Waals surface area contributed by atoms with Crippen LogP contribution in [0.15, 0.2) is 36.5 Å². The van der Waals surface area contributed by atoms with Crippen LogP contribution in [-0.4, -0.2) is 72.8 Å². The number of aromatic nitrogens is 1. The van der Waals surface area contributed by atoms with Crippen LogP contribution in [0.2, 0.25) is 0 Å². The lowest BCUT2D eigenvalue weighted by atomic mass is 10.1. The zero-order valence-electron chi connectivity index (χ0n) is 17.2. The molecule has 0 spiro atoms. The molecule has 2 aromatic rings. The molecule has 1 fully saturated rings. The molecular formula is C22H26N2O6. The van der Waals surface area contributed by atoms with Gasteiger partial charge in [0, 0.05) is 26.3 Å². The van der Waals surface area contributed by atoms with Crippen molar-refractivity contribution in [3.8, 4) is 11.5 Å². The first-order chi connectivity index (χ1) is 14.5. The molecule has 1 aromatic heterocycles. The zero-order chi connectivity index (χ0) is 21.5. The number of carbonyl (C=O) groups excluding carboxylic acids is 2. The van der Waals surface area contributed by atoms with Crippen LogP contribution in [0.1, 0.15) is 33.3 Å². The number of rotatable bonds is 8. The lowest BCUT2D eigenvalue weighted by Crippen LogP contribution is -2.51. The number of pyridine rings is 1. The fourth-order valence-corrected chi connectivity index (χ4v) is 3.43. The topological polar surface area (TPSA) is 98.2 Å². The van der Waals surface area contributed by atoms with Crippen molar-refractivity contribution in [2.75, 3.05) is 40.1 Å². The molecule has 0 aliphatic carbocycles. The van der Waals surface area contributed by atoms with Gasteiger partial charge in [-0.1, -0.05) is 6.07 Å². The van der Waals surface area contributed by atoms with Crippen LogP contribution in [0.4, 0.5) is 0 Å². The van der Waals surface area contributed by atoms with E-state index in [2.05, 4.69) is 4.98 Å². The number of hydrogen-bond donors (Lipinski definition) is 1. The van der Waals surface area contributed by atoms with E-state index in [0.717, 1.165) is 0 Å². The minimum atomic E-state index is -0.344. The van der Waals surface area contributed by atoms with Crippen molar-refractivity contribution in [1.29, 1.82) is 0 Å². The van der Waals surface area contributed by atoms with Gasteiger partial charge in [0.15, 0.2) is 5.78 Å². The number of benzene rings is 1. The summed E-state index contributed by atoms with van der Waals surface area (Å²) in [6, 6.07) is 7.82. The van der Waals surface area contributed by atoms with Crippen molar-refractivity contribution >= 4 is 11.7 Å². The summed E-state index contributed by atoms with van der Waals surface area (Å²) < 4.78 is 16.5. The van der Waals surface area contributed by atoms with Crippen LogP contribution in [0.25, 0.3) is 0 Å². The Bertz CT molecular complexity index is 901. The standard InChI is InChI=1S/C22H26N2O6/c1-15(25)21-19(26)6-3-7-20(21)30-14-16-13-29-12-10-24(16)22(27)17-5-4-9-23-18(17)8-11-28-2/h3-7,9,16,26H,8,10-14H2,1-2H3/t16-/m0/s1. The first kappa shape index (κ1) is 21.7. The monoisotopic (exact) mass is 414 g/mol. The molecule has 3 rings (SSSR count). The van der Waals surface area contributed by atoms with Gasteiger partial charge in [0.1, 0.15) is 23.7 Å². The Balaban J connectivity index is 1.77. The molecule has 1 aromatic carbocycles. The van der Waals surface area contributed by atoms with Crippen LogP contribution in [0, 0.1) is 0 Å². The molecule has 2 heterocycles. The van der Waals surface area contributed by atoms with Crippen molar-refractivity contribution in [3.63, 3.8) is 0 Å². The first-order valence-corrected chi connectivity index (χ1v) is 9.80. The molecule has 0 unspecified atom stereocenters. The lowest BCUT2D eigenvalue weighted by molar-refractivity contribution is -0.0152. The molecule has 1 amide bonds. The minimum Gasteiger partial charge on any atom is -0.507 e. The second-order valence-electron chi connectivity index (χ2n) is 6.99. The number of carbonyl (C=O) groups is 2. The Hall–Kier alpha value is -2.97. The SMILES string of the molecule is COCCc1ncccc1C(=O)N1CCOC[C@H]1COc1cccc(O)c1C(C)=O. The zero-order valence-corrected chi connectivity index (χ0v) is 17.2. The van der Waals surface area contributed by atoms with Gasteiger partial charge in [-0.3, -0.25) is 14.6 Å². The third kappa shape index (κ3) is 4.95. The highest BCUT2D eigenvalue weighted by molar-refractivity contribution is 5.99. The largest absolute Gasteiger partial charge is 0.507 e. The minimum absolute atomic E-state index is 0.126. The van der Waals surface area contributed by atoms with E-state index >= 15 is 0 Å². The number of hydrogen-bond acceptors (Lipinski definition) is 7. The van der Waals surface area contributed by atoms with Gasteiger partial charge in [0.2, 0.25) is 0 Å². The number of methoxy groups -OCH3 is 1. The summed E-state index contributed by atoms with van der Waals surface area (Å²) >= 11 is 0. The number of aromatic hydroxyl groups is 1. The summed E-state index contributed by atoms with van der Waals surface area (Å²) in [4.78, 5) is 31.2. The smallest absolute Gasteiger partial charge is 0.256 e. The Morgan fingerprint density at radius 3 is 2.90 bits per heavy atom. The molecule has 160 valence electrons. The second kappa shape index (κ2) is 10.2. The summed E-state index contributed by atoms with van der Waals surface area (Å²) in [5.74, 6) is -0.295. The molecular weight excluding hydrogens is 388 g/mol.